The van der Waals surface area contributed by atoms with Gasteiger partial charge in [-0.3, -0.25) is 0 Å². The minimum Gasteiger partial charge on any atom is -0.248 e. The second-order valence-electron chi connectivity index (χ2n) is 1.87. The van der Waals surface area contributed by atoms with Gasteiger partial charge in [-0.25, -0.2) is 4.99 Å². The first-order valence-electron chi connectivity index (χ1n) is 3.41. The van der Waals surface area contributed by atoms with Gasteiger partial charge in [0.1, 0.15) is 5.17 Å². The maximum Gasteiger partial charge on any atom is 0.106 e. The van der Waals surface area contributed by atoms with Crippen LogP contribution in [0.2, 0.25) is 0 Å². The van der Waals surface area contributed by atoms with Crippen LogP contribution in [0.1, 0.15) is 20.3 Å². The van der Waals surface area contributed by atoms with E-state index in [9.17, 15) is 0 Å². The smallest absolute Gasteiger partial charge is 0.106 e. The van der Waals surface area contributed by atoms with E-state index in [0.717, 1.165) is 10.9 Å². The third-order valence-electron chi connectivity index (χ3n) is 0.946. The first kappa shape index (κ1) is 10.9. The van der Waals surface area contributed by atoms with Crippen molar-refractivity contribution < 1.29 is 0 Å². The van der Waals surface area contributed by atoms with Crippen LogP contribution in [-0.4, -0.2) is 5.17 Å². The van der Waals surface area contributed by atoms with E-state index in [2.05, 4.69) is 20.9 Å². The molecule has 0 aromatic heterocycles. The predicted molar refractivity (Wildman–Crippen MR) is 55.4 cm³/mol. The molecule has 11 heavy (non-hydrogen) atoms. The van der Waals surface area contributed by atoms with Crippen molar-refractivity contribution in [3.05, 3.63) is 22.8 Å². The zero-order valence-corrected chi connectivity index (χ0v) is 8.98. The lowest BCUT2D eigenvalue weighted by Gasteiger charge is -1.87. The van der Waals surface area contributed by atoms with E-state index in [1.807, 2.05) is 26.0 Å². The summed E-state index contributed by atoms with van der Waals surface area (Å²) in [7, 11) is 0. The summed E-state index contributed by atoms with van der Waals surface area (Å²) < 4.78 is 0.923. The minimum absolute atomic E-state index is 0.617. The van der Waals surface area contributed by atoms with Crippen LogP contribution in [0.3, 0.4) is 0 Å². The summed E-state index contributed by atoms with van der Waals surface area (Å²) in [5.74, 6) is 0. The zero-order valence-electron chi connectivity index (χ0n) is 6.64. The van der Waals surface area contributed by atoms with Crippen molar-refractivity contribution in [3.63, 3.8) is 0 Å². The van der Waals surface area contributed by atoms with Gasteiger partial charge in [0.05, 0.1) is 0 Å². The maximum absolute atomic E-state index is 5.67. The highest BCUT2D eigenvalue weighted by atomic mass is 79.9. The molecule has 0 saturated heterocycles. The van der Waals surface area contributed by atoms with E-state index in [-0.39, 0.29) is 0 Å². The predicted octanol–water partition coefficient (Wildman–Crippen LogP) is 3.85. The van der Waals surface area contributed by atoms with Crippen LogP contribution in [0.4, 0.5) is 0 Å². The summed E-state index contributed by atoms with van der Waals surface area (Å²) in [6.07, 6.45) is 6.29. The molecule has 0 aromatic rings. The molecule has 1 nitrogen and oxygen atoms in total. The molecule has 0 rings (SSSR count). The molecule has 0 aliphatic heterocycles. The van der Waals surface area contributed by atoms with Gasteiger partial charge < -0.3 is 0 Å². The first-order chi connectivity index (χ1) is 5.20. The van der Waals surface area contributed by atoms with E-state index in [0.29, 0.717) is 5.17 Å². The summed E-state index contributed by atoms with van der Waals surface area (Å²) in [6, 6.07) is 0. The van der Waals surface area contributed by atoms with Crippen LogP contribution in [-0.2, 0) is 0 Å². The normalized spacial score (nSPS) is 14.5. The molecule has 0 spiro atoms. The van der Waals surface area contributed by atoms with Gasteiger partial charge in [0, 0.05) is 10.7 Å². The Labute approximate surface area is 81.0 Å². The van der Waals surface area contributed by atoms with Crippen LogP contribution in [0.25, 0.3) is 0 Å². The standard InChI is InChI=1S/C8H11BrClN/c1-3-5-7(9)6-11-8(10)4-2/h3,5-6H,4H2,1-2H3/b5-3+,7-6+,11-8?. The second-order valence-corrected chi connectivity index (χ2v) is 3.22. The Kier molecular flexibility index (Phi) is 6.57. The highest BCUT2D eigenvalue weighted by molar-refractivity contribution is 9.11. The van der Waals surface area contributed by atoms with Gasteiger partial charge >= 0.3 is 0 Å². The van der Waals surface area contributed by atoms with Gasteiger partial charge in [0.2, 0.25) is 0 Å². The van der Waals surface area contributed by atoms with Crippen LogP contribution in [0.15, 0.2) is 27.8 Å². The van der Waals surface area contributed by atoms with E-state index >= 15 is 0 Å². The fourth-order valence-electron chi connectivity index (χ4n) is 0.425. The number of nitrogens with zero attached hydrogens (tertiary/aromatic N) is 1. The van der Waals surface area contributed by atoms with Crippen LogP contribution < -0.4 is 0 Å². The minimum atomic E-state index is 0.617. The van der Waals surface area contributed by atoms with Crippen molar-refractivity contribution in [2.75, 3.05) is 0 Å². The average Bonchev–Trinajstić information content (AvgIpc) is 2.01. The van der Waals surface area contributed by atoms with Gasteiger partial charge in [-0.1, -0.05) is 30.7 Å². The van der Waals surface area contributed by atoms with E-state index in [4.69, 9.17) is 11.6 Å². The van der Waals surface area contributed by atoms with E-state index in [1.165, 1.54) is 0 Å². The summed E-state index contributed by atoms with van der Waals surface area (Å²) in [5, 5.41) is 0.617. The highest BCUT2D eigenvalue weighted by Gasteiger charge is 1.85. The fourth-order valence-corrected chi connectivity index (χ4v) is 0.841. The average molecular weight is 237 g/mol. The molecule has 0 N–H and O–H groups in total. The van der Waals surface area contributed by atoms with Gasteiger partial charge in [0.15, 0.2) is 0 Å². The monoisotopic (exact) mass is 235 g/mol. The molecule has 0 atom stereocenters. The van der Waals surface area contributed by atoms with Crippen LogP contribution in [0.5, 0.6) is 0 Å². The van der Waals surface area contributed by atoms with Crippen molar-refractivity contribution in [2.45, 2.75) is 20.3 Å². The second kappa shape index (κ2) is 6.62. The Hall–Kier alpha value is -0.0800. The molecule has 0 heterocycles. The molecule has 0 fully saturated rings. The zero-order chi connectivity index (χ0) is 8.69. The van der Waals surface area contributed by atoms with Crippen LogP contribution >= 0.6 is 27.5 Å². The number of rotatable bonds is 3. The molecule has 62 valence electrons. The third-order valence-corrected chi connectivity index (χ3v) is 1.78. The summed E-state index contributed by atoms with van der Waals surface area (Å²) in [5.41, 5.74) is 0. The van der Waals surface area contributed by atoms with Gasteiger partial charge in [-0.2, -0.15) is 0 Å². The summed E-state index contributed by atoms with van der Waals surface area (Å²) in [6.45, 7) is 3.91. The summed E-state index contributed by atoms with van der Waals surface area (Å²) >= 11 is 8.97. The Balaban J connectivity index is 4.10. The molecular formula is C8H11BrClN. The summed E-state index contributed by atoms with van der Waals surface area (Å²) in [4.78, 5) is 3.98. The molecule has 3 heteroatoms. The molecule has 0 aliphatic rings. The molecule has 0 amide bonds. The Bertz CT molecular complexity index is 194. The lowest BCUT2D eigenvalue weighted by molar-refractivity contribution is 1.30. The topological polar surface area (TPSA) is 12.4 Å². The molecule has 0 bridgehead atoms. The molecule has 0 aliphatic carbocycles. The van der Waals surface area contributed by atoms with E-state index in [1.54, 1.807) is 6.20 Å². The molecule has 0 aromatic carbocycles. The van der Waals surface area contributed by atoms with Crippen molar-refractivity contribution in [3.8, 4) is 0 Å². The number of allylic oxidation sites excluding steroid dienone is 3. The quantitative estimate of drug-likeness (QED) is 0.521. The molecule has 0 radical (unpaired) electrons. The van der Waals surface area contributed by atoms with Crippen molar-refractivity contribution >= 4 is 32.7 Å². The SMILES string of the molecule is C/C=C/C(Br)=C\N=C(Cl)CC. The maximum atomic E-state index is 5.67. The van der Waals surface area contributed by atoms with Gasteiger partial charge in [-0.15, -0.1) is 0 Å². The van der Waals surface area contributed by atoms with Gasteiger partial charge in [0.25, 0.3) is 0 Å². The molecular weight excluding hydrogens is 225 g/mol. The van der Waals surface area contributed by atoms with E-state index < -0.39 is 0 Å². The Morgan fingerprint density at radius 2 is 2.27 bits per heavy atom. The highest BCUT2D eigenvalue weighted by Crippen LogP contribution is 2.07. The van der Waals surface area contributed by atoms with Crippen LogP contribution in [0, 0.1) is 0 Å². The van der Waals surface area contributed by atoms with Gasteiger partial charge in [-0.05, 0) is 29.3 Å². The molecule has 0 unspecified atom stereocenters. The fraction of sp³-hybridized carbons (Fsp3) is 0.375. The number of hydrogen-bond acceptors (Lipinski definition) is 1. The lowest BCUT2D eigenvalue weighted by Crippen LogP contribution is -1.79. The Morgan fingerprint density at radius 1 is 1.64 bits per heavy atom. The number of halogens is 2. The first-order valence-corrected chi connectivity index (χ1v) is 4.58. The Morgan fingerprint density at radius 3 is 2.73 bits per heavy atom. The van der Waals surface area contributed by atoms with Crippen molar-refractivity contribution in [1.29, 1.82) is 0 Å². The van der Waals surface area contributed by atoms with Crippen molar-refractivity contribution in [2.24, 2.45) is 4.99 Å². The van der Waals surface area contributed by atoms with Crippen molar-refractivity contribution in [1.82, 2.24) is 0 Å². The number of aliphatic imine (C=N–C) groups is 1. The third kappa shape index (κ3) is 6.32. The molecule has 0 saturated carbocycles. The largest absolute Gasteiger partial charge is 0.248 e. The number of hydrogen-bond donors (Lipinski definition) is 0. The lowest BCUT2D eigenvalue weighted by atomic mass is 10.5.